The van der Waals surface area contributed by atoms with Crippen LogP contribution in [0.4, 0.5) is 4.79 Å². The monoisotopic (exact) mass is 333 g/mol. The predicted molar refractivity (Wildman–Crippen MR) is 93.4 cm³/mol. The van der Waals surface area contributed by atoms with Crippen molar-refractivity contribution in [2.45, 2.75) is 58.1 Å². The molecule has 0 bridgehead atoms. The fraction of sp³-hybridized carbons (Fsp3) is 0.526. The number of aliphatic hydroxyl groups is 1. The highest BCUT2D eigenvalue weighted by molar-refractivity contribution is 5.70. The molecule has 1 aliphatic rings. The molecule has 0 aliphatic carbocycles. The number of carbonyl (C=O) groups excluding carboxylic acids is 1. The van der Waals surface area contributed by atoms with Gasteiger partial charge in [0.05, 0.1) is 18.8 Å². The molecular weight excluding hydrogens is 306 g/mol. The number of hydrogen-bond donors (Lipinski definition) is 1. The van der Waals surface area contributed by atoms with Gasteiger partial charge in [-0.3, -0.25) is 4.90 Å². The van der Waals surface area contributed by atoms with Crippen molar-refractivity contribution in [1.29, 1.82) is 0 Å². The van der Waals surface area contributed by atoms with Gasteiger partial charge in [-0.25, -0.2) is 4.79 Å². The molecule has 5 heteroatoms. The van der Waals surface area contributed by atoms with Crippen LogP contribution in [0, 0.1) is 0 Å². The Hall–Kier alpha value is -1.85. The van der Waals surface area contributed by atoms with E-state index in [0.29, 0.717) is 0 Å². The van der Waals surface area contributed by atoms with Gasteiger partial charge < -0.3 is 14.6 Å². The van der Waals surface area contributed by atoms with Crippen molar-refractivity contribution in [2.75, 3.05) is 6.61 Å². The highest BCUT2D eigenvalue weighted by atomic mass is 16.6. The molecular formula is C19H27NO4. The van der Waals surface area contributed by atoms with Crippen molar-refractivity contribution in [2.24, 2.45) is 0 Å². The van der Waals surface area contributed by atoms with Crippen LogP contribution in [0.5, 0.6) is 0 Å². The summed E-state index contributed by atoms with van der Waals surface area (Å²) in [6.07, 6.45) is 2.19. The lowest BCUT2D eigenvalue weighted by Crippen LogP contribution is -2.53. The first-order chi connectivity index (χ1) is 11.1. The lowest BCUT2D eigenvalue weighted by Gasteiger charge is -2.36. The molecule has 1 fully saturated rings. The molecule has 0 unspecified atom stereocenters. The Balaban J connectivity index is 2.15. The van der Waals surface area contributed by atoms with Crippen molar-refractivity contribution in [3.05, 3.63) is 42.0 Å². The van der Waals surface area contributed by atoms with E-state index < -0.39 is 29.6 Å². The number of amides is 1. The maximum Gasteiger partial charge on any atom is 0.413 e. The molecule has 1 N–H and O–H groups in total. The molecule has 5 nitrogen and oxygen atoms in total. The first-order valence-corrected chi connectivity index (χ1v) is 8.18. The van der Waals surface area contributed by atoms with E-state index in [1.165, 1.54) is 4.90 Å². The van der Waals surface area contributed by atoms with Gasteiger partial charge >= 0.3 is 6.09 Å². The number of hydrogen-bond acceptors (Lipinski definition) is 4. The van der Waals surface area contributed by atoms with Gasteiger partial charge in [-0.05, 0) is 40.2 Å². The minimum absolute atomic E-state index is 0.256. The second-order valence-corrected chi connectivity index (χ2v) is 7.44. The van der Waals surface area contributed by atoms with Crippen LogP contribution in [0.25, 0.3) is 6.08 Å². The van der Waals surface area contributed by atoms with Crippen LogP contribution in [-0.2, 0) is 9.47 Å². The molecule has 1 saturated heterocycles. The number of aliphatic hydroxyl groups excluding tert-OH is 1. The smallest absolute Gasteiger partial charge is 0.413 e. The van der Waals surface area contributed by atoms with E-state index in [9.17, 15) is 9.90 Å². The summed E-state index contributed by atoms with van der Waals surface area (Å²) < 4.78 is 11.2. The Morgan fingerprint density at radius 2 is 2.00 bits per heavy atom. The predicted octanol–water partition coefficient (Wildman–Crippen LogP) is 3.43. The molecule has 2 rings (SSSR count). The van der Waals surface area contributed by atoms with Gasteiger partial charge in [-0.2, -0.15) is 0 Å². The lowest BCUT2D eigenvalue weighted by molar-refractivity contribution is -0.0660. The van der Waals surface area contributed by atoms with Crippen molar-refractivity contribution in [1.82, 2.24) is 4.90 Å². The summed E-state index contributed by atoms with van der Waals surface area (Å²) in [6, 6.07) is 9.20. The van der Waals surface area contributed by atoms with E-state index in [1.807, 2.05) is 57.2 Å². The van der Waals surface area contributed by atoms with Gasteiger partial charge in [0.1, 0.15) is 11.3 Å². The van der Waals surface area contributed by atoms with Gasteiger partial charge in [0.2, 0.25) is 0 Å². The number of ether oxygens (including phenoxy) is 2. The molecule has 2 atom stereocenters. The Bertz CT molecular complexity index is 589. The van der Waals surface area contributed by atoms with Gasteiger partial charge in [-0.1, -0.05) is 42.5 Å². The van der Waals surface area contributed by atoms with Crippen LogP contribution in [0.15, 0.2) is 36.4 Å². The lowest BCUT2D eigenvalue weighted by atomic mass is 10.1. The third kappa shape index (κ3) is 4.58. The fourth-order valence-corrected chi connectivity index (χ4v) is 2.65. The van der Waals surface area contributed by atoms with Crippen LogP contribution in [0.1, 0.15) is 40.2 Å². The topological polar surface area (TPSA) is 59.0 Å². The molecule has 1 aliphatic heterocycles. The summed E-state index contributed by atoms with van der Waals surface area (Å²) in [5.41, 5.74) is -0.446. The molecule has 1 aromatic rings. The standard InChI is InChI=1S/C19H27NO4/c1-18(2,3)24-17(22)20-15(13-23-19(20,4)5)16(21)12-11-14-9-7-6-8-10-14/h6-12,15-16,21H,13H2,1-5H3/b12-11+/t15-,16-/m0/s1. The summed E-state index contributed by atoms with van der Waals surface area (Å²) in [7, 11) is 0. The molecule has 1 aromatic carbocycles. The second-order valence-electron chi connectivity index (χ2n) is 7.44. The largest absolute Gasteiger partial charge is 0.444 e. The SMILES string of the molecule is CC(C)(C)OC(=O)N1[C@H]([C@@H](O)/C=C/c2ccccc2)COC1(C)C. The van der Waals surface area contributed by atoms with Crippen molar-refractivity contribution < 1.29 is 19.4 Å². The summed E-state index contributed by atoms with van der Waals surface area (Å²) in [4.78, 5) is 14.0. The Kier molecular flexibility index (Phi) is 5.35. The van der Waals surface area contributed by atoms with Crippen LogP contribution in [-0.4, -0.2) is 46.2 Å². The van der Waals surface area contributed by atoms with E-state index in [4.69, 9.17) is 9.47 Å². The average Bonchev–Trinajstić information content (AvgIpc) is 2.79. The third-order valence-corrected chi connectivity index (χ3v) is 3.79. The first-order valence-electron chi connectivity index (χ1n) is 8.18. The van der Waals surface area contributed by atoms with E-state index in [-0.39, 0.29) is 6.61 Å². The Labute approximate surface area is 143 Å². The number of benzene rings is 1. The van der Waals surface area contributed by atoms with Crippen LogP contribution in [0.2, 0.25) is 0 Å². The van der Waals surface area contributed by atoms with Crippen molar-refractivity contribution in [3.8, 4) is 0 Å². The average molecular weight is 333 g/mol. The number of rotatable bonds is 3. The minimum atomic E-state index is -0.848. The normalized spacial score (nSPS) is 21.9. The summed E-state index contributed by atoms with van der Waals surface area (Å²) in [6.45, 7) is 9.29. The van der Waals surface area contributed by atoms with Gasteiger partial charge in [0.15, 0.2) is 0 Å². The van der Waals surface area contributed by atoms with Gasteiger partial charge in [-0.15, -0.1) is 0 Å². The quantitative estimate of drug-likeness (QED) is 0.920. The molecule has 0 spiro atoms. The minimum Gasteiger partial charge on any atom is -0.444 e. The van der Waals surface area contributed by atoms with E-state index >= 15 is 0 Å². The fourth-order valence-electron chi connectivity index (χ4n) is 2.65. The third-order valence-electron chi connectivity index (χ3n) is 3.79. The van der Waals surface area contributed by atoms with Crippen molar-refractivity contribution in [3.63, 3.8) is 0 Å². The Morgan fingerprint density at radius 1 is 1.38 bits per heavy atom. The summed E-state index contributed by atoms with van der Waals surface area (Å²) >= 11 is 0. The number of nitrogens with zero attached hydrogens (tertiary/aromatic N) is 1. The zero-order chi connectivity index (χ0) is 18.0. The van der Waals surface area contributed by atoms with E-state index in [0.717, 1.165) is 5.56 Å². The van der Waals surface area contributed by atoms with Gasteiger partial charge in [0.25, 0.3) is 0 Å². The maximum atomic E-state index is 12.6. The zero-order valence-electron chi connectivity index (χ0n) is 15.0. The molecule has 0 aromatic heterocycles. The van der Waals surface area contributed by atoms with Crippen LogP contribution in [0.3, 0.4) is 0 Å². The van der Waals surface area contributed by atoms with E-state index in [1.54, 1.807) is 19.9 Å². The van der Waals surface area contributed by atoms with E-state index in [2.05, 4.69) is 0 Å². The van der Waals surface area contributed by atoms with Crippen LogP contribution >= 0.6 is 0 Å². The summed E-state index contributed by atoms with van der Waals surface area (Å²) in [5.74, 6) is 0. The molecule has 24 heavy (non-hydrogen) atoms. The first kappa shape index (κ1) is 18.5. The highest BCUT2D eigenvalue weighted by Crippen LogP contribution is 2.31. The molecule has 1 amide bonds. The van der Waals surface area contributed by atoms with Crippen molar-refractivity contribution >= 4 is 12.2 Å². The Morgan fingerprint density at radius 3 is 2.58 bits per heavy atom. The number of carbonyl (C=O) groups is 1. The highest BCUT2D eigenvalue weighted by Gasteiger charge is 2.47. The van der Waals surface area contributed by atoms with Gasteiger partial charge in [0, 0.05) is 0 Å². The molecule has 1 heterocycles. The maximum absolute atomic E-state index is 12.6. The zero-order valence-corrected chi connectivity index (χ0v) is 15.0. The summed E-state index contributed by atoms with van der Waals surface area (Å²) in [5, 5.41) is 10.5. The van der Waals surface area contributed by atoms with Crippen LogP contribution < -0.4 is 0 Å². The molecule has 0 radical (unpaired) electrons. The second kappa shape index (κ2) is 6.95. The molecule has 132 valence electrons. The molecule has 0 saturated carbocycles.